The second-order valence-corrected chi connectivity index (χ2v) is 16.4. The molecule has 0 fully saturated rings. The van der Waals surface area contributed by atoms with Gasteiger partial charge in [-0.25, -0.2) is 9.97 Å². The van der Waals surface area contributed by atoms with Crippen LogP contribution in [0.4, 0.5) is 0 Å². The number of fused-ring (bicyclic) bond motifs is 8. The van der Waals surface area contributed by atoms with Crippen molar-refractivity contribution in [1.82, 2.24) is 19.9 Å². The first kappa shape index (κ1) is 48.2. The van der Waals surface area contributed by atoms with Gasteiger partial charge in [0.05, 0.1) is 42.9 Å². The average molecular weight is 1020 g/mol. The summed E-state index contributed by atoms with van der Waals surface area (Å²) in [6, 6.07) is 29.5. The molecule has 298 valence electrons. The molecule has 0 unspecified atom stereocenters. The quantitative estimate of drug-likeness (QED) is 0.184. The second-order valence-electron chi connectivity index (χ2n) is 13.0. The predicted octanol–water partition coefficient (Wildman–Crippen LogP) is 7.18. The van der Waals surface area contributed by atoms with Crippen molar-refractivity contribution >= 4 is 157 Å². The van der Waals surface area contributed by atoms with Gasteiger partial charge in [0.1, 0.15) is 0 Å². The number of aromatic nitrogens is 4. The molecule has 0 amide bonds. The number of hydrogen-bond acceptors (Lipinski definition) is 2. The minimum absolute atomic E-state index is 0. The van der Waals surface area contributed by atoms with Crippen molar-refractivity contribution in [2.24, 2.45) is 0 Å². The Labute approximate surface area is 414 Å². The molecule has 9 rings (SSSR count). The van der Waals surface area contributed by atoms with E-state index < -0.39 is 0 Å². The van der Waals surface area contributed by atoms with E-state index in [2.05, 4.69) is 9.97 Å². The van der Waals surface area contributed by atoms with Crippen LogP contribution in [0, 0.1) is 0 Å². The molecule has 0 saturated heterocycles. The Morgan fingerprint density at radius 1 is 0.317 bits per heavy atom. The Bertz CT molecular complexity index is 2650. The summed E-state index contributed by atoms with van der Waals surface area (Å²) in [5, 5.41) is 3.86. The first-order valence-electron chi connectivity index (χ1n) is 17.0. The van der Waals surface area contributed by atoms with Gasteiger partial charge in [-0.15, -0.1) is 0 Å². The molecule has 2 aliphatic rings. The number of rotatable bonds is 4. The summed E-state index contributed by atoms with van der Waals surface area (Å²) in [6.45, 7) is 0. The Hall–Kier alpha value is -2.80. The number of hydrogen-bond donors (Lipinski definition) is 2. The van der Waals surface area contributed by atoms with Crippen LogP contribution in [0.1, 0.15) is 22.8 Å². The van der Waals surface area contributed by atoms with Gasteiger partial charge in [0, 0.05) is 86.7 Å². The van der Waals surface area contributed by atoms with Crippen molar-refractivity contribution in [3.8, 4) is 44.5 Å². The summed E-state index contributed by atoms with van der Waals surface area (Å²) in [7, 11) is 0. The van der Waals surface area contributed by atoms with Gasteiger partial charge in [0.2, 0.25) is 0 Å². The zero-order valence-corrected chi connectivity index (χ0v) is 39.6. The van der Waals surface area contributed by atoms with E-state index in [0.717, 1.165) is 66.6 Å². The van der Waals surface area contributed by atoms with Crippen LogP contribution in [0.15, 0.2) is 97.1 Å². The Balaban J connectivity index is 0.00000171. The van der Waals surface area contributed by atoms with E-state index in [1.807, 2.05) is 72.8 Å². The largest absolute Gasteiger partial charge is 3.00 e. The van der Waals surface area contributed by atoms with Crippen molar-refractivity contribution in [3.63, 3.8) is 0 Å². The monoisotopic (exact) mass is 1020 g/mol. The van der Waals surface area contributed by atoms with Gasteiger partial charge in [-0.05, 0) is 97.1 Å². The van der Waals surface area contributed by atoms with E-state index in [-0.39, 0.29) is 54.6 Å². The minimum atomic E-state index is 0. The molecule has 7 aromatic rings. The molecular weight excluding hydrogens is 1000 g/mol. The van der Waals surface area contributed by atoms with E-state index in [1.54, 1.807) is 48.5 Å². The molecule has 60 heavy (non-hydrogen) atoms. The van der Waals surface area contributed by atoms with Crippen molar-refractivity contribution in [3.05, 3.63) is 160 Å². The standard InChI is InChI=1S/C44H22Cl8N4.Al.3ClH/c45-21-1-5-25(29(49)17-21)41-33-9-11-35(53-33)42(26-6-2-22(46)18-30(26)50)37-13-15-39(55-37)44(28-8-4-24(48)20-32(28)52)40-16-14-38(56-40)43(36-12-10-34(41)54-36)27-7-3-23(47)19-31(27)51;;;;/h1-20,53,56H;;3*1H/q;+3;;;/p-3. The molecule has 0 atom stereocenters. The second kappa shape index (κ2) is 19.7. The van der Waals surface area contributed by atoms with E-state index in [9.17, 15) is 0 Å². The van der Waals surface area contributed by atoms with Crippen molar-refractivity contribution < 1.29 is 37.2 Å². The topological polar surface area (TPSA) is 57.4 Å². The maximum Gasteiger partial charge on any atom is 3.00 e. The number of aromatic amines is 2. The van der Waals surface area contributed by atoms with Gasteiger partial charge in [-0.3, -0.25) is 0 Å². The number of nitrogens with one attached hydrogen (secondary N) is 2. The van der Waals surface area contributed by atoms with E-state index in [0.29, 0.717) is 63.0 Å². The summed E-state index contributed by atoms with van der Waals surface area (Å²) in [5.74, 6) is 0. The van der Waals surface area contributed by atoms with Gasteiger partial charge in [0.25, 0.3) is 0 Å². The van der Waals surface area contributed by atoms with Crippen LogP contribution in [-0.2, 0) is 0 Å². The molecule has 16 heteroatoms. The number of H-pyrrole nitrogens is 2. The minimum Gasteiger partial charge on any atom is -1.00 e. The van der Waals surface area contributed by atoms with Crippen LogP contribution in [0.25, 0.3) is 90.9 Å². The summed E-state index contributed by atoms with van der Waals surface area (Å²) in [6.07, 6.45) is 7.83. The molecule has 2 N–H and O–H groups in total. The Morgan fingerprint density at radius 2 is 0.533 bits per heavy atom. The van der Waals surface area contributed by atoms with Crippen LogP contribution < -0.4 is 37.2 Å². The van der Waals surface area contributed by atoms with Crippen LogP contribution in [-0.4, -0.2) is 37.3 Å². The van der Waals surface area contributed by atoms with E-state index >= 15 is 0 Å². The van der Waals surface area contributed by atoms with Gasteiger partial charge < -0.3 is 47.2 Å². The molecule has 0 spiro atoms. The summed E-state index contributed by atoms with van der Waals surface area (Å²) >= 11 is 53.4. The fraction of sp³-hybridized carbons (Fsp3) is 0. The number of benzene rings is 4. The Kier molecular flexibility index (Phi) is 15.9. The maximum absolute atomic E-state index is 6.94. The maximum atomic E-state index is 6.94. The van der Waals surface area contributed by atoms with Crippen molar-refractivity contribution in [2.45, 2.75) is 0 Å². The van der Waals surface area contributed by atoms with Gasteiger partial charge in [0.15, 0.2) is 0 Å². The van der Waals surface area contributed by atoms with Crippen LogP contribution in [0.5, 0.6) is 0 Å². The average Bonchev–Trinajstić information content (AvgIpc) is 3.99. The Morgan fingerprint density at radius 3 is 0.733 bits per heavy atom. The third-order valence-electron chi connectivity index (χ3n) is 9.56. The molecule has 5 heterocycles. The zero-order valence-electron chi connectivity index (χ0n) is 30.2. The molecular formula is C44H22AlCl11N4. The van der Waals surface area contributed by atoms with Crippen molar-refractivity contribution in [2.75, 3.05) is 0 Å². The van der Waals surface area contributed by atoms with Crippen LogP contribution in [0.2, 0.25) is 40.2 Å². The third kappa shape index (κ3) is 9.14. The normalized spacial score (nSPS) is 11.3. The summed E-state index contributed by atoms with van der Waals surface area (Å²) < 4.78 is 0. The van der Waals surface area contributed by atoms with Crippen LogP contribution >= 0.6 is 92.8 Å². The molecule has 4 nitrogen and oxygen atoms in total. The SMILES string of the molecule is Clc1ccc(-c2c3nc(c(-c4ccc(Cl)cc4Cl)c4ccc([nH]4)c(-c4ccc(Cl)cc4Cl)c4nc(c(-c5ccc(Cl)cc5Cl)c5ccc2[nH]5)C=C4)C=C3)c(Cl)c1.[Al+3].[Cl-].[Cl-].[Cl-]. The van der Waals surface area contributed by atoms with Gasteiger partial charge in [-0.1, -0.05) is 117 Å². The molecule has 0 radical (unpaired) electrons. The first-order valence-corrected chi connectivity index (χ1v) is 20.0. The number of halogens is 11. The van der Waals surface area contributed by atoms with Gasteiger partial charge in [-0.2, -0.15) is 0 Å². The fourth-order valence-electron chi connectivity index (χ4n) is 7.11. The molecule has 0 aliphatic carbocycles. The van der Waals surface area contributed by atoms with Crippen LogP contribution in [0.3, 0.4) is 0 Å². The predicted molar refractivity (Wildman–Crippen MR) is 246 cm³/mol. The molecule has 4 aromatic carbocycles. The first-order chi connectivity index (χ1) is 27.0. The molecule has 3 aromatic heterocycles. The molecule has 8 bridgehead atoms. The smallest absolute Gasteiger partial charge is 1.00 e. The summed E-state index contributed by atoms with van der Waals surface area (Å²) in [5.41, 5.74) is 11.4. The van der Waals surface area contributed by atoms with E-state index in [1.165, 1.54) is 0 Å². The van der Waals surface area contributed by atoms with Gasteiger partial charge >= 0.3 is 17.4 Å². The fourth-order valence-corrected chi connectivity index (χ4v) is 9.12. The summed E-state index contributed by atoms with van der Waals surface area (Å²) in [4.78, 5) is 17.9. The third-order valence-corrected chi connectivity index (χ3v) is 11.7. The zero-order chi connectivity index (χ0) is 38.8. The van der Waals surface area contributed by atoms with E-state index in [4.69, 9.17) is 103 Å². The number of nitrogens with zero attached hydrogens (tertiary/aromatic N) is 2. The molecule has 0 saturated carbocycles. The van der Waals surface area contributed by atoms with Crippen molar-refractivity contribution in [1.29, 1.82) is 0 Å². The molecule has 2 aliphatic heterocycles.